The summed E-state index contributed by atoms with van der Waals surface area (Å²) >= 11 is 0. The molecule has 0 radical (unpaired) electrons. The van der Waals surface area contributed by atoms with Gasteiger partial charge in [0.1, 0.15) is 11.6 Å². The lowest BCUT2D eigenvalue weighted by Crippen LogP contribution is -2.47. The van der Waals surface area contributed by atoms with Crippen LogP contribution in [0.15, 0.2) is 36.5 Å². The molecule has 2 aromatic heterocycles. The summed E-state index contributed by atoms with van der Waals surface area (Å²) in [6.45, 7) is 8.02. The summed E-state index contributed by atoms with van der Waals surface area (Å²) in [4.78, 5) is 18.5. The number of fused-ring (bicyclic) bond motifs is 1. The zero-order valence-electron chi connectivity index (χ0n) is 16.6. The van der Waals surface area contributed by atoms with E-state index in [1.807, 2.05) is 13.1 Å². The predicted octanol–water partition coefficient (Wildman–Crippen LogP) is 2.89. The highest BCUT2D eigenvalue weighted by Crippen LogP contribution is 2.27. The van der Waals surface area contributed by atoms with Gasteiger partial charge in [-0.25, -0.2) is 9.97 Å². The lowest BCUT2D eigenvalue weighted by atomic mass is 10.1. The topological polar surface area (TPSA) is 65.4 Å². The minimum absolute atomic E-state index is 0.171. The van der Waals surface area contributed by atoms with Gasteiger partial charge >= 0.3 is 0 Å². The van der Waals surface area contributed by atoms with Crippen molar-refractivity contribution in [2.75, 3.05) is 42.6 Å². The molecule has 0 aliphatic carbocycles. The van der Waals surface area contributed by atoms with Crippen LogP contribution >= 0.6 is 0 Å². The zero-order valence-corrected chi connectivity index (χ0v) is 16.6. The van der Waals surface area contributed by atoms with E-state index in [4.69, 9.17) is 10.1 Å². The number of hydrogen-bond donors (Lipinski definition) is 1. The Hall–Kier alpha value is -2.73. The number of aliphatic hydroxyl groups excluding tert-OH is 1. The SMILES string of the molecule is Cc1ccc2c(N3CCN(c4cc(C)nc(CCCO)n4)CC3)ccnc2c1. The standard InChI is InChI=1S/C22H27N5O/c1-16-5-6-18-19(14-16)23-8-7-20(18)26-9-11-27(12-10-26)22-15-17(2)24-21(25-22)4-3-13-28/h5-8,14-15,28H,3-4,9-13H2,1-2H3. The van der Waals surface area contributed by atoms with Crippen LogP contribution in [0.1, 0.15) is 23.5 Å². The lowest BCUT2D eigenvalue weighted by Gasteiger charge is -2.37. The molecule has 6 nitrogen and oxygen atoms in total. The normalized spacial score (nSPS) is 14.7. The van der Waals surface area contributed by atoms with Crippen molar-refractivity contribution in [2.24, 2.45) is 0 Å². The van der Waals surface area contributed by atoms with Gasteiger partial charge in [-0.3, -0.25) is 4.98 Å². The first-order valence-corrected chi connectivity index (χ1v) is 9.95. The molecule has 0 saturated carbocycles. The molecule has 1 saturated heterocycles. The number of aromatic nitrogens is 3. The lowest BCUT2D eigenvalue weighted by molar-refractivity contribution is 0.287. The van der Waals surface area contributed by atoms with Crippen LogP contribution in [-0.4, -0.2) is 52.8 Å². The highest BCUT2D eigenvalue weighted by atomic mass is 16.2. The highest BCUT2D eigenvalue weighted by Gasteiger charge is 2.20. The Kier molecular flexibility index (Phi) is 5.39. The molecule has 4 rings (SSSR count). The minimum atomic E-state index is 0.171. The molecule has 0 bridgehead atoms. The number of anilines is 2. The Labute approximate surface area is 165 Å². The molecule has 1 fully saturated rings. The fourth-order valence-electron chi connectivity index (χ4n) is 3.82. The molecule has 0 spiro atoms. The Balaban J connectivity index is 1.50. The fourth-order valence-corrected chi connectivity index (χ4v) is 3.82. The van der Waals surface area contributed by atoms with E-state index in [1.165, 1.54) is 16.6 Å². The molecular weight excluding hydrogens is 350 g/mol. The van der Waals surface area contributed by atoms with Gasteiger partial charge in [0.05, 0.1) is 5.52 Å². The van der Waals surface area contributed by atoms with Gasteiger partial charge in [0.15, 0.2) is 0 Å². The number of piperazine rings is 1. The van der Waals surface area contributed by atoms with Gasteiger partial charge in [0.2, 0.25) is 0 Å². The van der Waals surface area contributed by atoms with Crippen LogP contribution in [0, 0.1) is 13.8 Å². The third-order valence-corrected chi connectivity index (χ3v) is 5.27. The van der Waals surface area contributed by atoms with E-state index in [0.29, 0.717) is 12.8 Å². The molecule has 3 heterocycles. The van der Waals surface area contributed by atoms with Crippen molar-refractivity contribution in [3.63, 3.8) is 0 Å². The molecule has 1 aliphatic rings. The molecule has 1 aliphatic heterocycles. The first kappa shape index (κ1) is 18.6. The maximum atomic E-state index is 9.07. The molecule has 6 heteroatoms. The summed E-state index contributed by atoms with van der Waals surface area (Å²) in [5.74, 6) is 1.82. The van der Waals surface area contributed by atoms with Crippen LogP contribution in [0.4, 0.5) is 11.5 Å². The van der Waals surface area contributed by atoms with Crippen LogP contribution in [0.3, 0.4) is 0 Å². The van der Waals surface area contributed by atoms with Gasteiger partial charge in [-0.1, -0.05) is 12.1 Å². The summed E-state index contributed by atoms with van der Waals surface area (Å²) in [5.41, 5.74) is 4.53. The number of nitrogens with zero attached hydrogens (tertiary/aromatic N) is 5. The molecule has 28 heavy (non-hydrogen) atoms. The summed E-state index contributed by atoms with van der Waals surface area (Å²) in [6.07, 6.45) is 3.32. The van der Waals surface area contributed by atoms with Crippen molar-refractivity contribution in [1.82, 2.24) is 15.0 Å². The monoisotopic (exact) mass is 377 g/mol. The highest BCUT2D eigenvalue weighted by molar-refractivity contribution is 5.92. The Morgan fingerprint density at radius 2 is 1.75 bits per heavy atom. The van der Waals surface area contributed by atoms with E-state index >= 15 is 0 Å². The second kappa shape index (κ2) is 8.10. The van der Waals surface area contributed by atoms with Crippen molar-refractivity contribution in [3.05, 3.63) is 53.6 Å². The van der Waals surface area contributed by atoms with E-state index in [2.05, 4.69) is 57.0 Å². The first-order chi connectivity index (χ1) is 13.6. The third-order valence-electron chi connectivity index (χ3n) is 5.27. The van der Waals surface area contributed by atoms with Gasteiger partial charge in [-0.15, -0.1) is 0 Å². The number of benzene rings is 1. The van der Waals surface area contributed by atoms with Crippen molar-refractivity contribution in [3.8, 4) is 0 Å². The summed E-state index contributed by atoms with van der Waals surface area (Å²) in [6, 6.07) is 10.7. The summed E-state index contributed by atoms with van der Waals surface area (Å²) in [7, 11) is 0. The van der Waals surface area contributed by atoms with Gasteiger partial charge in [0.25, 0.3) is 0 Å². The second-order valence-corrected chi connectivity index (χ2v) is 7.44. The summed E-state index contributed by atoms with van der Waals surface area (Å²) in [5, 5.41) is 10.3. The smallest absolute Gasteiger partial charge is 0.132 e. The average Bonchev–Trinajstić information content (AvgIpc) is 2.71. The van der Waals surface area contributed by atoms with E-state index in [1.54, 1.807) is 0 Å². The molecule has 0 atom stereocenters. The molecule has 0 amide bonds. The van der Waals surface area contributed by atoms with Gasteiger partial charge < -0.3 is 14.9 Å². The zero-order chi connectivity index (χ0) is 19.5. The van der Waals surface area contributed by atoms with E-state index in [-0.39, 0.29) is 6.61 Å². The van der Waals surface area contributed by atoms with Crippen LogP contribution in [0.2, 0.25) is 0 Å². The molecule has 1 N–H and O–H groups in total. The quantitative estimate of drug-likeness (QED) is 0.738. The largest absolute Gasteiger partial charge is 0.396 e. The van der Waals surface area contributed by atoms with E-state index < -0.39 is 0 Å². The van der Waals surface area contributed by atoms with E-state index in [9.17, 15) is 0 Å². The Bertz CT molecular complexity index is 966. The van der Waals surface area contributed by atoms with Crippen LogP contribution in [-0.2, 0) is 6.42 Å². The van der Waals surface area contributed by atoms with Crippen molar-refractivity contribution < 1.29 is 5.11 Å². The Morgan fingerprint density at radius 3 is 2.54 bits per heavy atom. The molecule has 0 unspecified atom stereocenters. The minimum Gasteiger partial charge on any atom is -0.396 e. The number of aryl methyl sites for hydroxylation is 3. The van der Waals surface area contributed by atoms with Crippen molar-refractivity contribution in [2.45, 2.75) is 26.7 Å². The molecular formula is C22H27N5O. The second-order valence-electron chi connectivity index (χ2n) is 7.44. The Morgan fingerprint density at radius 1 is 0.964 bits per heavy atom. The maximum absolute atomic E-state index is 9.07. The third kappa shape index (κ3) is 3.92. The van der Waals surface area contributed by atoms with E-state index in [0.717, 1.165) is 49.0 Å². The molecule has 1 aromatic carbocycles. The average molecular weight is 377 g/mol. The van der Waals surface area contributed by atoms with Crippen LogP contribution < -0.4 is 9.80 Å². The van der Waals surface area contributed by atoms with Gasteiger partial charge in [-0.2, -0.15) is 0 Å². The first-order valence-electron chi connectivity index (χ1n) is 9.95. The number of hydrogen-bond acceptors (Lipinski definition) is 6. The van der Waals surface area contributed by atoms with Gasteiger partial charge in [0, 0.05) is 68.2 Å². The predicted molar refractivity (Wildman–Crippen MR) is 113 cm³/mol. The molecule has 146 valence electrons. The number of aliphatic hydroxyl groups is 1. The number of rotatable bonds is 5. The maximum Gasteiger partial charge on any atom is 0.132 e. The number of pyridine rings is 1. The summed E-state index contributed by atoms with van der Waals surface area (Å²) < 4.78 is 0. The van der Waals surface area contributed by atoms with Crippen LogP contribution in [0.5, 0.6) is 0 Å². The van der Waals surface area contributed by atoms with Crippen LogP contribution in [0.25, 0.3) is 10.9 Å². The van der Waals surface area contributed by atoms with Crippen molar-refractivity contribution >= 4 is 22.4 Å². The molecule has 3 aromatic rings. The van der Waals surface area contributed by atoms with Gasteiger partial charge in [-0.05, 0) is 38.0 Å². The fraction of sp³-hybridized carbons (Fsp3) is 0.409. The van der Waals surface area contributed by atoms with Crippen molar-refractivity contribution in [1.29, 1.82) is 0 Å².